The number of thiol groups is 2. The third-order valence-electron chi connectivity index (χ3n) is 1.83. The van der Waals surface area contributed by atoms with E-state index >= 15 is 0 Å². The van der Waals surface area contributed by atoms with E-state index in [0.29, 0.717) is 6.42 Å². The SMILES string of the molecule is CC(C)CC(=O)C(S)C(S)C(=O)OC(C)C. The minimum atomic E-state index is -0.794. The molecule has 0 bridgehead atoms. The van der Waals surface area contributed by atoms with E-state index in [0.717, 1.165) is 0 Å². The molecule has 0 aliphatic carbocycles. The van der Waals surface area contributed by atoms with Gasteiger partial charge in [-0.2, -0.15) is 25.3 Å². The van der Waals surface area contributed by atoms with E-state index in [9.17, 15) is 9.59 Å². The van der Waals surface area contributed by atoms with Crippen LogP contribution in [0.3, 0.4) is 0 Å². The van der Waals surface area contributed by atoms with Gasteiger partial charge in [0.05, 0.1) is 11.4 Å². The minimum absolute atomic E-state index is 0.0703. The second-order valence-corrected chi connectivity index (χ2v) is 5.55. The molecule has 0 aliphatic rings. The largest absolute Gasteiger partial charge is 0.462 e. The Morgan fingerprint density at radius 1 is 1.06 bits per heavy atom. The van der Waals surface area contributed by atoms with Crippen LogP contribution in [-0.4, -0.2) is 28.4 Å². The summed E-state index contributed by atoms with van der Waals surface area (Å²) in [4.78, 5) is 23.1. The lowest BCUT2D eigenvalue weighted by atomic mass is 10.0. The van der Waals surface area contributed by atoms with E-state index in [-0.39, 0.29) is 17.8 Å². The number of hydrogen-bond donors (Lipinski definition) is 2. The fourth-order valence-corrected chi connectivity index (χ4v) is 1.58. The van der Waals surface area contributed by atoms with Crippen molar-refractivity contribution in [1.82, 2.24) is 0 Å². The van der Waals surface area contributed by atoms with E-state index in [2.05, 4.69) is 25.3 Å². The molecule has 0 fully saturated rings. The Hall–Kier alpha value is -0.160. The van der Waals surface area contributed by atoms with Crippen LogP contribution in [0.15, 0.2) is 0 Å². The fourth-order valence-electron chi connectivity index (χ4n) is 1.13. The van der Waals surface area contributed by atoms with Gasteiger partial charge in [-0.3, -0.25) is 9.59 Å². The number of carbonyl (C=O) groups is 2. The molecule has 0 amide bonds. The van der Waals surface area contributed by atoms with Crippen LogP contribution in [0.1, 0.15) is 34.1 Å². The van der Waals surface area contributed by atoms with Gasteiger partial charge in [0.1, 0.15) is 11.0 Å². The van der Waals surface area contributed by atoms with Crippen LogP contribution < -0.4 is 0 Å². The van der Waals surface area contributed by atoms with E-state index in [4.69, 9.17) is 4.74 Å². The lowest BCUT2D eigenvalue weighted by Gasteiger charge is -2.18. The first-order valence-electron chi connectivity index (χ1n) is 5.35. The molecule has 3 nitrogen and oxygen atoms in total. The quantitative estimate of drug-likeness (QED) is 0.571. The zero-order chi connectivity index (χ0) is 12.9. The number of Topliss-reactive ketones (excluding diaryl/α,β-unsaturated/α-hetero) is 1. The zero-order valence-corrected chi connectivity index (χ0v) is 11.9. The molecule has 16 heavy (non-hydrogen) atoms. The van der Waals surface area contributed by atoms with E-state index in [1.54, 1.807) is 13.8 Å². The molecular weight excluding hydrogens is 244 g/mol. The van der Waals surface area contributed by atoms with Gasteiger partial charge < -0.3 is 4.74 Å². The highest BCUT2D eigenvalue weighted by molar-refractivity contribution is 7.86. The Labute approximate surface area is 108 Å². The van der Waals surface area contributed by atoms with Crippen LogP contribution in [-0.2, 0) is 14.3 Å². The van der Waals surface area contributed by atoms with Crippen LogP contribution >= 0.6 is 25.3 Å². The van der Waals surface area contributed by atoms with Gasteiger partial charge >= 0.3 is 5.97 Å². The summed E-state index contributed by atoms with van der Waals surface area (Å²) >= 11 is 8.21. The molecule has 0 N–H and O–H groups in total. The van der Waals surface area contributed by atoms with Crippen LogP contribution in [0, 0.1) is 5.92 Å². The average molecular weight is 264 g/mol. The molecule has 0 spiro atoms. The van der Waals surface area contributed by atoms with Gasteiger partial charge in [0.15, 0.2) is 0 Å². The summed E-state index contributed by atoms with van der Waals surface area (Å²) in [6.07, 6.45) is 0.197. The predicted molar refractivity (Wildman–Crippen MR) is 71.2 cm³/mol. The summed E-state index contributed by atoms with van der Waals surface area (Å²) in [6, 6.07) is 0. The summed E-state index contributed by atoms with van der Waals surface area (Å²) in [7, 11) is 0. The molecule has 0 saturated carbocycles. The predicted octanol–water partition coefficient (Wildman–Crippen LogP) is 2.15. The van der Waals surface area contributed by atoms with Crippen molar-refractivity contribution in [2.45, 2.75) is 50.7 Å². The van der Waals surface area contributed by atoms with Gasteiger partial charge in [0, 0.05) is 6.42 Å². The summed E-state index contributed by atoms with van der Waals surface area (Å²) in [5, 5.41) is -1.49. The maximum atomic E-state index is 11.7. The topological polar surface area (TPSA) is 43.4 Å². The van der Waals surface area contributed by atoms with E-state index in [1.165, 1.54) is 0 Å². The third-order valence-corrected chi connectivity index (χ3v) is 3.16. The monoisotopic (exact) mass is 264 g/mol. The Bertz CT molecular complexity index is 226. The molecule has 0 aromatic carbocycles. The van der Waals surface area contributed by atoms with Gasteiger partial charge in [-0.15, -0.1) is 0 Å². The van der Waals surface area contributed by atoms with Gasteiger partial charge in [0.25, 0.3) is 0 Å². The number of rotatable bonds is 6. The number of esters is 1. The molecule has 0 aromatic heterocycles. The molecule has 0 aliphatic heterocycles. The minimum Gasteiger partial charge on any atom is -0.462 e. The standard InChI is InChI=1S/C11H20O3S2/c1-6(2)5-8(12)9(15)10(16)11(13)14-7(3)4/h6-7,9-10,15-16H,5H2,1-4H3. The second-order valence-electron chi connectivity index (χ2n) is 4.44. The van der Waals surface area contributed by atoms with Crippen LogP contribution in [0.5, 0.6) is 0 Å². The highest BCUT2D eigenvalue weighted by atomic mass is 32.1. The smallest absolute Gasteiger partial charge is 0.320 e. The maximum Gasteiger partial charge on any atom is 0.320 e. The van der Waals surface area contributed by atoms with Gasteiger partial charge in [-0.05, 0) is 19.8 Å². The van der Waals surface area contributed by atoms with Crippen molar-refractivity contribution >= 4 is 37.0 Å². The number of carbonyl (C=O) groups excluding carboxylic acids is 2. The first-order chi connectivity index (χ1) is 7.25. The van der Waals surface area contributed by atoms with Gasteiger partial charge in [0.2, 0.25) is 0 Å². The van der Waals surface area contributed by atoms with Gasteiger partial charge in [-0.1, -0.05) is 13.8 Å². The molecule has 5 heteroatoms. The molecule has 0 heterocycles. The molecule has 0 rings (SSSR count). The molecule has 94 valence electrons. The second kappa shape index (κ2) is 7.22. The van der Waals surface area contributed by atoms with Crippen molar-refractivity contribution in [3.05, 3.63) is 0 Å². The Morgan fingerprint density at radius 3 is 1.94 bits per heavy atom. The van der Waals surface area contributed by atoms with Gasteiger partial charge in [-0.25, -0.2) is 0 Å². The normalized spacial score (nSPS) is 15.0. The number of ether oxygens (including phenoxy) is 1. The first kappa shape index (κ1) is 15.8. The van der Waals surface area contributed by atoms with Crippen LogP contribution in [0.2, 0.25) is 0 Å². The Kier molecular flexibility index (Phi) is 7.15. The molecule has 0 radical (unpaired) electrons. The van der Waals surface area contributed by atoms with Crippen molar-refractivity contribution in [1.29, 1.82) is 0 Å². The van der Waals surface area contributed by atoms with Crippen molar-refractivity contribution in [3.8, 4) is 0 Å². The van der Waals surface area contributed by atoms with Crippen molar-refractivity contribution in [3.63, 3.8) is 0 Å². The summed E-state index contributed by atoms with van der Waals surface area (Å²) in [5.74, 6) is -0.307. The number of hydrogen-bond acceptors (Lipinski definition) is 5. The molecule has 2 atom stereocenters. The lowest BCUT2D eigenvalue weighted by Crippen LogP contribution is -2.35. The van der Waals surface area contributed by atoms with Crippen molar-refractivity contribution in [2.24, 2.45) is 5.92 Å². The van der Waals surface area contributed by atoms with E-state index in [1.807, 2.05) is 13.8 Å². The summed E-state index contributed by atoms with van der Waals surface area (Å²) in [5.41, 5.74) is 0. The summed E-state index contributed by atoms with van der Waals surface area (Å²) in [6.45, 7) is 7.39. The highest BCUT2D eigenvalue weighted by Crippen LogP contribution is 2.16. The van der Waals surface area contributed by atoms with Crippen molar-refractivity contribution in [2.75, 3.05) is 0 Å². The Morgan fingerprint density at radius 2 is 1.56 bits per heavy atom. The molecule has 0 saturated heterocycles. The van der Waals surface area contributed by atoms with Crippen LogP contribution in [0.25, 0.3) is 0 Å². The molecule has 0 aromatic rings. The Balaban J connectivity index is 4.31. The van der Waals surface area contributed by atoms with Crippen molar-refractivity contribution < 1.29 is 14.3 Å². The molecule has 2 unspecified atom stereocenters. The summed E-state index contributed by atoms with van der Waals surface area (Å²) < 4.78 is 4.97. The third kappa shape index (κ3) is 5.80. The average Bonchev–Trinajstić information content (AvgIpc) is 2.13. The first-order valence-corrected chi connectivity index (χ1v) is 6.38. The zero-order valence-electron chi connectivity index (χ0n) is 10.1. The molecular formula is C11H20O3S2. The fraction of sp³-hybridized carbons (Fsp3) is 0.818. The number of ketones is 1. The van der Waals surface area contributed by atoms with Crippen LogP contribution in [0.4, 0.5) is 0 Å². The lowest BCUT2D eigenvalue weighted by molar-refractivity contribution is -0.147. The highest BCUT2D eigenvalue weighted by Gasteiger charge is 2.29. The maximum absolute atomic E-state index is 11.7. The van der Waals surface area contributed by atoms with E-state index < -0.39 is 16.5 Å².